The van der Waals surface area contributed by atoms with E-state index < -0.39 is 0 Å². The van der Waals surface area contributed by atoms with Crippen LogP contribution in [0.5, 0.6) is 5.75 Å². The van der Waals surface area contributed by atoms with Crippen LogP contribution in [0.1, 0.15) is 19.8 Å². The number of nitrogens with zero attached hydrogens (tertiary/aromatic N) is 1. The molecule has 3 rings (SSSR count). The maximum absolute atomic E-state index is 12.5. The summed E-state index contributed by atoms with van der Waals surface area (Å²) in [4.78, 5) is 14.3. The van der Waals surface area contributed by atoms with E-state index >= 15 is 0 Å². The van der Waals surface area contributed by atoms with Crippen LogP contribution in [0.15, 0.2) is 54.6 Å². The minimum absolute atomic E-state index is 0.0318. The summed E-state index contributed by atoms with van der Waals surface area (Å²) in [6.45, 7) is 4.24. The number of hydrogen-bond acceptors (Lipinski definition) is 4. The average molecular weight is 354 g/mol. The number of likely N-dealkylation sites (N-methyl/N-ethyl adjacent to an activating group) is 1. The molecule has 1 heterocycles. The Balaban J connectivity index is 1.53. The van der Waals surface area contributed by atoms with Gasteiger partial charge in [0, 0.05) is 30.6 Å². The predicted octanol–water partition coefficient (Wildman–Crippen LogP) is 3.71. The zero-order chi connectivity index (χ0) is 18.2. The van der Waals surface area contributed by atoms with Gasteiger partial charge in [-0.05, 0) is 44.0 Å². The van der Waals surface area contributed by atoms with Crippen LogP contribution < -0.4 is 15.0 Å². The summed E-state index contributed by atoms with van der Waals surface area (Å²) in [6, 6.07) is 17.4. The predicted molar refractivity (Wildman–Crippen MR) is 104 cm³/mol. The first-order valence-corrected chi connectivity index (χ1v) is 9.20. The summed E-state index contributed by atoms with van der Waals surface area (Å²) >= 11 is 0. The van der Waals surface area contributed by atoms with Gasteiger partial charge in [-0.3, -0.25) is 4.79 Å². The van der Waals surface area contributed by atoms with Crippen molar-refractivity contribution in [2.45, 2.75) is 25.9 Å². The van der Waals surface area contributed by atoms with Crippen LogP contribution in [-0.4, -0.2) is 38.3 Å². The van der Waals surface area contributed by atoms with E-state index in [-0.39, 0.29) is 18.6 Å². The fraction of sp³-hybridized carbons (Fsp3) is 0.381. The molecular weight excluding hydrogens is 328 g/mol. The van der Waals surface area contributed by atoms with E-state index in [1.54, 1.807) is 4.90 Å². The summed E-state index contributed by atoms with van der Waals surface area (Å²) in [7, 11) is 0. The molecule has 1 fully saturated rings. The Kier molecular flexibility index (Phi) is 6.50. The quantitative estimate of drug-likeness (QED) is 0.785. The van der Waals surface area contributed by atoms with Gasteiger partial charge in [-0.2, -0.15) is 0 Å². The molecule has 1 atom stereocenters. The number of amides is 1. The van der Waals surface area contributed by atoms with Gasteiger partial charge in [0.05, 0.1) is 12.6 Å². The van der Waals surface area contributed by atoms with Crippen LogP contribution in [0.2, 0.25) is 0 Å². The Morgan fingerprint density at radius 2 is 2.08 bits per heavy atom. The van der Waals surface area contributed by atoms with E-state index in [0.717, 1.165) is 36.6 Å². The van der Waals surface area contributed by atoms with Gasteiger partial charge in [0.2, 0.25) is 5.91 Å². The number of hydrogen-bond donors (Lipinski definition) is 1. The fourth-order valence-electron chi connectivity index (χ4n) is 3.04. The minimum atomic E-state index is 0.0318. The van der Waals surface area contributed by atoms with Gasteiger partial charge in [0.15, 0.2) is 0 Å². The molecule has 0 radical (unpaired) electrons. The van der Waals surface area contributed by atoms with Crippen molar-refractivity contribution in [2.75, 3.05) is 36.5 Å². The van der Waals surface area contributed by atoms with Gasteiger partial charge in [-0.25, -0.2) is 0 Å². The summed E-state index contributed by atoms with van der Waals surface area (Å²) in [5.74, 6) is 0.817. The lowest BCUT2D eigenvalue weighted by atomic mass is 10.2. The van der Waals surface area contributed by atoms with Crippen molar-refractivity contribution in [3.05, 3.63) is 54.6 Å². The summed E-state index contributed by atoms with van der Waals surface area (Å²) < 4.78 is 11.4. The molecule has 0 spiro atoms. The first-order valence-electron chi connectivity index (χ1n) is 9.20. The number of nitrogens with one attached hydrogen (secondary N) is 1. The van der Waals surface area contributed by atoms with Crippen molar-refractivity contribution in [1.82, 2.24) is 0 Å². The second-order valence-electron chi connectivity index (χ2n) is 6.30. The molecule has 1 unspecified atom stereocenters. The standard InChI is InChI=1S/C21H26N2O3/c1-2-23(18-9-4-3-5-10-18)21(24)15-22-17-8-6-11-19(14-17)26-16-20-12-7-13-25-20/h3-6,8-11,14,20,22H,2,7,12-13,15-16H2,1H3. The Morgan fingerprint density at radius 1 is 1.23 bits per heavy atom. The van der Waals surface area contributed by atoms with Gasteiger partial charge in [-0.1, -0.05) is 24.3 Å². The highest BCUT2D eigenvalue weighted by Crippen LogP contribution is 2.20. The molecule has 1 aliphatic heterocycles. The molecule has 0 aliphatic carbocycles. The number of rotatable bonds is 8. The summed E-state index contributed by atoms with van der Waals surface area (Å²) in [5.41, 5.74) is 1.78. The lowest BCUT2D eigenvalue weighted by Crippen LogP contribution is -2.35. The first kappa shape index (κ1) is 18.3. The van der Waals surface area contributed by atoms with E-state index in [1.807, 2.05) is 61.5 Å². The van der Waals surface area contributed by atoms with Crippen molar-refractivity contribution >= 4 is 17.3 Å². The van der Waals surface area contributed by atoms with Crippen LogP contribution in [0, 0.1) is 0 Å². The molecule has 1 N–H and O–H groups in total. The van der Waals surface area contributed by atoms with E-state index in [2.05, 4.69) is 5.32 Å². The molecule has 0 bridgehead atoms. The van der Waals surface area contributed by atoms with Crippen molar-refractivity contribution in [3.8, 4) is 5.75 Å². The number of benzene rings is 2. The molecule has 1 saturated heterocycles. The third kappa shape index (κ3) is 4.99. The van der Waals surface area contributed by atoms with E-state index in [0.29, 0.717) is 13.2 Å². The molecule has 1 aliphatic rings. The first-order chi connectivity index (χ1) is 12.8. The van der Waals surface area contributed by atoms with Crippen LogP contribution in [0.4, 0.5) is 11.4 Å². The van der Waals surface area contributed by atoms with E-state index in [9.17, 15) is 4.79 Å². The van der Waals surface area contributed by atoms with Gasteiger partial charge in [0.25, 0.3) is 0 Å². The maximum Gasteiger partial charge on any atom is 0.246 e. The van der Waals surface area contributed by atoms with Gasteiger partial charge in [0.1, 0.15) is 12.4 Å². The Labute approximate surface area is 154 Å². The molecule has 5 nitrogen and oxygen atoms in total. The normalized spacial score (nSPS) is 16.3. The molecule has 0 saturated carbocycles. The van der Waals surface area contributed by atoms with Crippen molar-refractivity contribution in [2.24, 2.45) is 0 Å². The molecule has 1 amide bonds. The minimum Gasteiger partial charge on any atom is -0.491 e. The van der Waals surface area contributed by atoms with Crippen LogP contribution in [-0.2, 0) is 9.53 Å². The largest absolute Gasteiger partial charge is 0.491 e. The second kappa shape index (κ2) is 9.25. The van der Waals surface area contributed by atoms with Crippen molar-refractivity contribution in [1.29, 1.82) is 0 Å². The van der Waals surface area contributed by atoms with Crippen LogP contribution in [0.25, 0.3) is 0 Å². The van der Waals surface area contributed by atoms with Crippen molar-refractivity contribution < 1.29 is 14.3 Å². The molecular formula is C21H26N2O3. The molecule has 0 aromatic heterocycles. The third-order valence-corrected chi connectivity index (χ3v) is 4.42. The number of ether oxygens (including phenoxy) is 2. The monoisotopic (exact) mass is 354 g/mol. The molecule has 2 aromatic rings. The highest BCUT2D eigenvalue weighted by molar-refractivity contribution is 5.96. The Hall–Kier alpha value is -2.53. The number of carbonyl (C=O) groups is 1. The SMILES string of the molecule is CCN(C(=O)CNc1cccc(OCC2CCCO2)c1)c1ccccc1. The van der Waals surface area contributed by atoms with Crippen LogP contribution >= 0.6 is 0 Å². The van der Waals surface area contributed by atoms with Gasteiger partial charge >= 0.3 is 0 Å². The van der Waals surface area contributed by atoms with Crippen LogP contribution in [0.3, 0.4) is 0 Å². The smallest absolute Gasteiger partial charge is 0.246 e. The molecule has 138 valence electrons. The maximum atomic E-state index is 12.5. The van der Waals surface area contributed by atoms with Gasteiger partial charge in [-0.15, -0.1) is 0 Å². The zero-order valence-electron chi connectivity index (χ0n) is 15.2. The molecule has 26 heavy (non-hydrogen) atoms. The van der Waals surface area contributed by atoms with E-state index in [1.165, 1.54) is 0 Å². The topological polar surface area (TPSA) is 50.8 Å². The lowest BCUT2D eigenvalue weighted by Gasteiger charge is -2.21. The number of para-hydroxylation sites is 1. The molecule has 5 heteroatoms. The summed E-state index contributed by atoms with van der Waals surface area (Å²) in [6.07, 6.45) is 2.35. The highest BCUT2D eigenvalue weighted by Gasteiger charge is 2.16. The lowest BCUT2D eigenvalue weighted by molar-refractivity contribution is -0.116. The van der Waals surface area contributed by atoms with E-state index in [4.69, 9.17) is 9.47 Å². The Morgan fingerprint density at radius 3 is 2.81 bits per heavy atom. The van der Waals surface area contributed by atoms with Gasteiger partial charge < -0.3 is 19.7 Å². The third-order valence-electron chi connectivity index (χ3n) is 4.42. The second-order valence-corrected chi connectivity index (χ2v) is 6.30. The number of carbonyl (C=O) groups excluding carboxylic acids is 1. The Bertz CT molecular complexity index is 699. The fourth-order valence-corrected chi connectivity index (χ4v) is 3.04. The average Bonchev–Trinajstić information content (AvgIpc) is 3.20. The molecule has 2 aromatic carbocycles. The number of anilines is 2. The zero-order valence-corrected chi connectivity index (χ0v) is 15.2. The highest BCUT2D eigenvalue weighted by atomic mass is 16.5. The van der Waals surface area contributed by atoms with Crippen molar-refractivity contribution in [3.63, 3.8) is 0 Å². The summed E-state index contributed by atoms with van der Waals surface area (Å²) in [5, 5.41) is 3.19.